The van der Waals surface area contributed by atoms with Gasteiger partial charge in [-0.2, -0.15) is 4.31 Å². The Kier molecular flexibility index (Phi) is 9.10. The summed E-state index contributed by atoms with van der Waals surface area (Å²) in [6, 6.07) is 6.49. The molecular weight excluding hydrogens is 380 g/mol. The number of carbonyl (C=O) groups excluding carboxylic acids is 2. The van der Waals surface area contributed by atoms with E-state index in [4.69, 9.17) is 4.74 Å². The second-order valence-electron chi connectivity index (χ2n) is 7.18. The molecular formula is C20H32N2O5S. The number of nitrogens with one attached hydrogen (secondary N) is 1. The van der Waals surface area contributed by atoms with Crippen molar-refractivity contribution in [2.75, 3.05) is 19.7 Å². The first-order valence-electron chi connectivity index (χ1n) is 9.61. The van der Waals surface area contributed by atoms with E-state index in [9.17, 15) is 18.0 Å². The highest BCUT2D eigenvalue weighted by molar-refractivity contribution is 7.89. The SMILES string of the molecule is CCN(CC)S(=O)(=O)c1ccc(CCC(=O)OCC(=O)NC(C)(C)CC)cc1. The van der Waals surface area contributed by atoms with E-state index >= 15 is 0 Å². The summed E-state index contributed by atoms with van der Waals surface area (Å²) in [7, 11) is -3.49. The highest BCUT2D eigenvalue weighted by Gasteiger charge is 2.21. The summed E-state index contributed by atoms with van der Waals surface area (Å²) in [5, 5.41) is 2.80. The normalized spacial score (nSPS) is 12.1. The van der Waals surface area contributed by atoms with Gasteiger partial charge in [0.15, 0.2) is 6.61 Å². The molecule has 0 saturated heterocycles. The van der Waals surface area contributed by atoms with E-state index in [1.807, 2.05) is 20.8 Å². The summed E-state index contributed by atoms with van der Waals surface area (Å²) < 4.78 is 31.3. The first-order chi connectivity index (χ1) is 13.1. The number of ether oxygens (including phenoxy) is 1. The maximum absolute atomic E-state index is 12.5. The fourth-order valence-corrected chi connectivity index (χ4v) is 3.97. The molecule has 0 aliphatic heterocycles. The van der Waals surface area contributed by atoms with Crippen molar-refractivity contribution in [3.05, 3.63) is 29.8 Å². The van der Waals surface area contributed by atoms with Crippen molar-refractivity contribution in [3.8, 4) is 0 Å². The highest BCUT2D eigenvalue weighted by Crippen LogP contribution is 2.17. The van der Waals surface area contributed by atoms with Crippen LogP contribution in [0.4, 0.5) is 0 Å². The molecule has 0 atom stereocenters. The molecule has 0 radical (unpaired) electrons. The molecule has 0 aliphatic carbocycles. The van der Waals surface area contributed by atoms with Gasteiger partial charge in [0, 0.05) is 25.0 Å². The van der Waals surface area contributed by atoms with Crippen LogP contribution in [0.1, 0.15) is 53.0 Å². The molecule has 0 aromatic heterocycles. The zero-order valence-electron chi connectivity index (χ0n) is 17.4. The van der Waals surface area contributed by atoms with Crippen LogP contribution in [0, 0.1) is 0 Å². The summed E-state index contributed by atoms with van der Waals surface area (Å²) in [6.07, 6.45) is 1.30. The van der Waals surface area contributed by atoms with Gasteiger partial charge in [-0.15, -0.1) is 0 Å². The lowest BCUT2D eigenvalue weighted by Gasteiger charge is -2.24. The lowest BCUT2D eigenvalue weighted by Crippen LogP contribution is -2.44. The van der Waals surface area contributed by atoms with Gasteiger partial charge in [0.25, 0.3) is 5.91 Å². The van der Waals surface area contributed by atoms with Crippen molar-refractivity contribution in [2.45, 2.75) is 64.3 Å². The quantitative estimate of drug-likeness (QED) is 0.564. The smallest absolute Gasteiger partial charge is 0.306 e. The Morgan fingerprint density at radius 2 is 1.64 bits per heavy atom. The summed E-state index contributed by atoms with van der Waals surface area (Å²) in [6.45, 7) is 9.88. The monoisotopic (exact) mass is 412 g/mol. The Morgan fingerprint density at radius 3 is 2.14 bits per heavy atom. The highest BCUT2D eigenvalue weighted by atomic mass is 32.2. The van der Waals surface area contributed by atoms with Crippen LogP contribution in [0.5, 0.6) is 0 Å². The van der Waals surface area contributed by atoms with Crippen LogP contribution in [-0.4, -0.2) is 49.8 Å². The van der Waals surface area contributed by atoms with Gasteiger partial charge in [-0.3, -0.25) is 9.59 Å². The topological polar surface area (TPSA) is 92.8 Å². The van der Waals surface area contributed by atoms with E-state index in [0.717, 1.165) is 12.0 Å². The third-order valence-electron chi connectivity index (χ3n) is 4.61. The van der Waals surface area contributed by atoms with E-state index in [1.165, 1.54) is 4.31 Å². The molecule has 158 valence electrons. The van der Waals surface area contributed by atoms with Crippen LogP contribution < -0.4 is 5.32 Å². The van der Waals surface area contributed by atoms with Crippen LogP contribution >= 0.6 is 0 Å². The summed E-state index contributed by atoms with van der Waals surface area (Å²) in [5.74, 6) is -0.796. The molecule has 0 heterocycles. The van der Waals surface area contributed by atoms with Crippen molar-refractivity contribution in [3.63, 3.8) is 0 Å². The minimum Gasteiger partial charge on any atom is -0.456 e. The van der Waals surface area contributed by atoms with Gasteiger partial charge in [-0.1, -0.05) is 32.9 Å². The minimum atomic E-state index is -3.49. The molecule has 0 fully saturated rings. The molecule has 1 rings (SSSR count). The van der Waals surface area contributed by atoms with Crippen LogP contribution in [-0.2, 0) is 30.8 Å². The van der Waals surface area contributed by atoms with E-state index in [0.29, 0.717) is 19.5 Å². The molecule has 0 spiro atoms. The largest absolute Gasteiger partial charge is 0.456 e. The maximum atomic E-state index is 12.5. The number of carbonyl (C=O) groups is 2. The summed E-state index contributed by atoms with van der Waals surface area (Å²) >= 11 is 0. The predicted octanol–water partition coefficient (Wildman–Crippen LogP) is 2.50. The van der Waals surface area contributed by atoms with E-state index in [2.05, 4.69) is 5.32 Å². The molecule has 1 aromatic carbocycles. The second kappa shape index (κ2) is 10.6. The number of hydrogen-bond acceptors (Lipinski definition) is 5. The first kappa shape index (κ1) is 24.1. The van der Waals surface area contributed by atoms with Crippen LogP contribution in [0.3, 0.4) is 0 Å². The first-order valence-corrected chi connectivity index (χ1v) is 11.1. The Bertz CT molecular complexity index is 753. The van der Waals surface area contributed by atoms with E-state index < -0.39 is 16.0 Å². The van der Waals surface area contributed by atoms with Gasteiger partial charge in [0.2, 0.25) is 10.0 Å². The van der Waals surface area contributed by atoms with Crippen molar-refractivity contribution in [2.24, 2.45) is 0 Å². The number of benzene rings is 1. The molecule has 0 saturated carbocycles. The molecule has 28 heavy (non-hydrogen) atoms. The Hall–Kier alpha value is -1.93. The molecule has 1 aromatic rings. The van der Waals surface area contributed by atoms with Crippen molar-refractivity contribution in [1.29, 1.82) is 0 Å². The molecule has 7 nitrogen and oxygen atoms in total. The zero-order chi connectivity index (χ0) is 21.4. The average Bonchev–Trinajstić information content (AvgIpc) is 2.65. The molecule has 1 N–H and O–H groups in total. The van der Waals surface area contributed by atoms with E-state index in [1.54, 1.807) is 38.1 Å². The van der Waals surface area contributed by atoms with Crippen molar-refractivity contribution in [1.82, 2.24) is 9.62 Å². The standard InChI is InChI=1S/C20H32N2O5S/c1-6-20(4,5)21-18(23)15-27-19(24)14-11-16-9-12-17(13-10-16)28(25,26)22(7-2)8-3/h9-10,12-13H,6-8,11,14-15H2,1-5H3,(H,21,23). The number of nitrogens with zero attached hydrogens (tertiary/aromatic N) is 1. The van der Waals surface area contributed by atoms with E-state index in [-0.39, 0.29) is 29.4 Å². The lowest BCUT2D eigenvalue weighted by atomic mass is 10.0. The Labute approximate surface area is 168 Å². The van der Waals surface area contributed by atoms with Crippen LogP contribution in [0.2, 0.25) is 0 Å². The summed E-state index contributed by atoms with van der Waals surface area (Å²) in [4.78, 5) is 23.9. The van der Waals surface area contributed by atoms with Gasteiger partial charge in [-0.05, 0) is 44.4 Å². The number of aryl methyl sites for hydroxylation is 1. The van der Waals surface area contributed by atoms with Gasteiger partial charge < -0.3 is 10.1 Å². The fraction of sp³-hybridized carbons (Fsp3) is 0.600. The average molecular weight is 413 g/mol. The molecule has 1 amide bonds. The Balaban J connectivity index is 2.53. The van der Waals surface area contributed by atoms with Gasteiger partial charge in [-0.25, -0.2) is 8.42 Å². The molecule has 0 unspecified atom stereocenters. The van der Waals surface area contributed by atoms with Crippen molar-refractivity contribution < 1.29 is 22.7 Å². The molecule has 0 bridgehead atoms. The second-order valence-corrected chi connectivity index (χ2v) is 9.12. The molecule has 8 heteroatoms. The minimum absolute atomic E-state index is 0.118. The van der Waals surface area contributed by atoms with Gasteiger partial charge in [0.1, 0.15) is 0 Å². The van der Waals surface area contributed by atoms with Gasteiger partial charge in [0.05, 0.1) is 4.90 Å². The number of sulfonamides is 1. The third kappa shape index (κ3) is 7.24. The third-order valence-corrected chi connectivity index (χ3v) is 6.67. The van der Waals surface area contributed by atoms with Crippen LogP contribution in [0.25, 0.3) is 0 Å². The zero-order valence-corrected chi connectivity index (χ0v) is 18.3. The number of esters is 1. The number of rotatable bonds is 11. The lowest BCUT2D eigenvalue weighted by molar-refractivity contribution is -0.149. The molecule has 0 aliphatic rings. The van der Waals surface area contributed by atoms with Gasteiger partial charge >= 0.3 is 5.97 Å². The predicted molar refractivity (Wildman–Crippen MR) is 108 cm³/mol. The van der Waals surface area contributed by atoms with Crippen LogP contribution in [0.15, 0.2) is 29.2 Å². The summed E-state index contributed by atoms with van der Waals surface area (Å²) in [5.41, 5.74) is 0.489. The number of hydrogen-bond donors (Lipinski definition) is 1. The number of amides is 1. The maximum Gasteiger partial charge on any atom is 0.306 e. The fourth-order valence-electron chi connectivity index (χ4n) is 2.51. The Morgan fingerprint density at radius 1 is 1.07 bits per heavy atom. The van der Waals surface area contributed by atoms with Crippen molar-refractivity contribution >= 4 is 21.9 Å².